The monoisotopic (exact) mass is 128 g/mol. The lowest BCUT2D eigenvalue weighted by atomic mass is 10.0. The zero-order chi connectivity index (χ0) is 6.48. The minimum Gasteiger partial charge on any atom is -0.396 e. The van der Waals surface area contributed by atoms with Crippen molar-refractivity contribution >= 4 is 0 Å². The third-order valence-corrected chi connectivity index (χ3v) is 2.72. The van der Waals surface area contributed by atoms with Gasteiger partial charge in [-0.15, -0.1) is 0 Å². The SMILES string of the molecule is OC[C@H]1C[C@H]2C[C@@]2(O)C1. The molecule has 0 aromatic heterocycles. The smallest absolute Gasteiger partial charge is 0.0684 e. The molecule has 2 aliphatic rings. The van der Waals surface area contributed by atoms with Crippen molar-refractivity contribution in [2.75, 3.05) is 6.61 Å². The summed E-state index contributed by atoms with van der Waals surface area (Å²) in [6.07, 6.45) is 2.88. The van der Waals surface area contributed by atoms with Gasteiger partial charge in [0.1, 0.15) is 0 Å². The van der Waals surface area contributed by atoms with Crippen LogP contribution in [-0.4, -0.2) is 22.4 Å². The third-order valence-electron chi connectivity index (χ3n) is 2.72. The van der Waals surface area contributed by atoms with E-state index >= 15 is 0 Å². The molecule has 2 N–H and O–H groups in total. The minimum absolute atomic E-state index is 0.263. The highest BCUT2D eigenvalue weighted by Gasteiger charge is 2.58. The van der Waals surface area contributed by atoms with Gasteiger partial charge < -0.3 is 10.2 Å². The van der Waals surface area contributed by atoms with Crippen molar-refractivity contribution in [3.63, 3.8) is 0 Å². The molecule has 2 heteroatoms. The topological polar surface area (TPSA) is 40.5 Å². The second kappa shape index (κ2) is 1.50. The van der Waals surface area contributed by atoms with Crippen molar-refractivity contribution in [2.45, 2.75) is 24.9 Å². The van der Waals surface area contributed by atoms with E-state index in [0.717, 1.165) is 19.3 Å². The first-order chi connectivity index (χ1) is 4.24. The Kier molecular flexibility index (Phi) is 0.945. The molecule has 3 atom stereocenters. The molecule has 2 nitrogen and oxygen atoms in total. The van der Waals surface area contributed by atoms with Crippen molar-refractivity contribution in [1.82, 2.24) is 0 Å². The van der Waals surface area contributed by atoms with Crippen LogP contribution in [0.4, 0.5) is 0 Å². The minimum atomic E-state index is -0.326. The maximum absolute atomic E-state index is 9.46. The van der Waals surface area contributed by atoms with E-state index in [-0.39, 0.29) is 12.2 Å². The van der Waals surface area contributed by atoms with Gasteiger partial charge in [0.15, 0.2) is 0 Å². The van der Waals surface area contributed by atoms with Gasteiger partial charge in [-0.1, -0.05) is 0 Å². The van der Waals surface area contributed by atoms with Crippen molar-refractivity contribution in [3.05, 3.63) is 0 Å². The van der Waals surface area contributed by atoms with Gasteiger partial charge in [0.2, 0.25) is 0 Å². The van der Waals surface area contributed by atoms with Crippen molar-refractivity contribution in [3.8, 4) is 0 Å². The van der Waals surface area contributed by atoms with Gasteiger partial charge in [0, 0.05) is 6.61 Å². The predicted octanol–water partition coefficient (Wildman–Crippen LogP) is 0.140. The first-order valence-corrected chi connectivity index (χ1v) is 3.58. The van der Waals surface area contributed by atoms with Crippen LogP contribution in [0.15, 0.2) is 0 Å². The van der Waals surface area contributed by atoms with E-state index in [9.17, 15) is 5.11 Å². The Morgan fingerprint density at radius 2 is 2.22 bits per heavy atom. The Morgan fingerprint density at radius 1 is 1.44 bits per heavy atom. The van der Waals surface area contributed by atoms with Crippen molar-refractivity contribution in [2.24, 2.45) is 11.8 Å². The zero-order valence-electron chi connectivity index (χ0n) is 5.38. The molecule has 2 rings (SSSR count). The molecular formula is C7H12O2. The summed E-state index contributed by atoms with van der Waals surface area (Å²) in [5.41, 5.74) is -0.326. The quantitative estimate of drug-likeness (QED) is 0.527. The first kappa shape index (κ1) is 5.69. The van der Waals surface area contributed by atoms with Crippen LogP contribution < -0.4 is 0 Å². The summed E-state index contributed by atoms with van der Waals surface area (Å²) in [6, 6.07) is 0. The van der Waals surface area contributed by atoms with Gasteiger partial charge in [0.25, 0.3) is 0 Å². The molecule has 52 valence electrons. The lowest BCUT2D eigenvalue weighted by Gasteiger charge is -2.07. The molecule has 0 bridgehead atoms. The molecule has 0 heterocycles. The van der Waals surface area contributed by atoms with Crippen LogP contribution in [0, 0.1) is 11.8 Å². The summed E-state index contributed by atoms with van der Waals surface area (Å²) in [5, 5.41) is 18.2. The van der Waals surface area contributed by atoms with E-state index in [1.807, 2.05) is 0 Å². The number of aliphatic hydroxyl groups excluding tert-OH is 1. The molecule has 9 heavy (non-hydrogen) atoms. The van der Waals surface area contributed by atoms with Gasteiger partial charge in [-0.25, -0.2) is 0 Å². The zero-order valence-corrected chi connectivity index (χ0v) is 5.38. The third kappa shape index (κ3) is 0.700. The highest BCUT2D eigenvalue weighted by molar-refractivity contribution is 5.10. The summed E-state index contributed by atoms with van der Waals surface area (Å²) >= 11 is 0. The molecule has 2 saturated carbocycles. The summed E-state index contributed by atoms with van der Waals surface area (Å²) in [4.78, 5) is 0. The molecule has 0 aromatic carbocycles. The van der Waals surface area contributed by atoms with Crippen LogP contribution in [0.25, 0.3) is 0 Å². The van der Waals surface area contributed by atoms with E-state index in [2.05, 4.69) is 0 Å². The number of rotatable bonds is 1. The number of hydrogen-bond acceptors (Lipinski definition) is 2. The van der Waals surface area contributed by atoms with E-state index in [1.54, 1.807) is 0 Å². The van der Waals surface area contributed by atoms with Crippen molar-refractivity contribution in [1.29, 1.82) is 0 Å². The largest absolute Gasteiger partial charge is 0.396 e. The average Bonchev–Trinajstić information content (AvgIpc) is 2.33. The van der Waals surface area contributed by atoms with Crippen LogP contribution in [-0.2, 0) is 0 Å². The molecule has 0 aromatic rings. The molecule has 2 aliphatic carbocycles. The van der Waals surface area contributed by atoms with E-state index < -0.39 is 0 Å². The molecule has 0 saturated heterocycles. The Labute approximate surface area is 54.5 Å². The Morgan fingerprint density at radius 3 is 2.56 bits per heavy atom. The molecular weight excluding hydrogens is 116 g/mol. The summed E-state index contributed by atoms with van der Waals surface area (Å²) in [6.45, 7) is 0.263. The van der Waals surface area contributed by atoms with Crippen LogP contribution in [0.5, 0.6) is 0 Å². The van der Waals surface area contributed by atoms with E-state index in [0.29, 0.717) is 11.8 Å². The fourth-order valence-electron chi connectivity index (χ4n) is 2.05. The van der Waals surface area contributed by atoms with Gasteiger partial charge in [-0.05, 0) is 31.1 Å². The number of fused-ring (bicyclic) bond motifs is 1. The van der Waals surface area contributed by atoms with Gasteiger partial charge in [-0.3, -0.25) is 0 Å². The second-order valence-electron chi connectivity index (χ2n) is 3.49. The van der Waals surface area contributed by atoms with Crippen LogP contribution in [0.2, 0.25) is 0 Å². The summed E-state index contributed by atoms with van der Waals surface area (Å²) in [7, 11) is 0. The fraction of sp³-hybridized carbons (Fsp3) is 1.00. The molecule has 0 unspecified atom stereocenters. The molecule has 0 aliphatic heterocycles. The van der Waals surface area contributed by atoms with Gasteiger partial charge >= 0.3 is 0 Å². The number of aliphatic hydroxyl groups is 2. The maximum atomic E-state index is 9.46. The van der Waals surface area contributed by atoms with Crippen molar-refractivity contribution < 1.29 is 10.2 Å². The Hall–Kier alpha value is -0.0800. The van der Waals surface area contributed by atoms with Gasteiger partial charge in [-0.2, -0.15) is 0 Å². The summed E-state index contributed by atoms with van der Waals surface area (Å²) in [5.74, 6) is 0.934. The van der Waals surface area contributed by atoms with Gasteiger partial charge in [0.05, 0.1) is 5.60 Å². The normalized spacial score (nSPS) is 55.3. The lowest BCUT2D eigenvalue weighted by molar-refractivity contribution is 0.121. The fourth-order valence-corrected chi connectivity index (χ4v) is 2.05. The maximum Gasteiger partial charge on any atom is 0.0684 e. The highest BCUT2D eigenvalue weighted by Crippen LogP contribution is 2.57. The highest BCUT2D eigenvalue weighted by atomic mass is 16.3. The second-order valence-corrected chi connectivity index (χ2v) is 3.49. The van der Waals surface area contributed by atoms with E-state index in [4.69, 9.17) is 5.11 Å². The number of hydrogen-bond donors (Lipinski definition) is 2. The molecule has 0 amide bonds. The molecule has 0 spiro atoms. The Bertz CT molecular complexity index is 135. The summed E-state index contributed by atoms with van der Waals surface area (Å²) < 4.78 is 0. The van der Waals surface area contributed by atoms with Crippen LogP contribution in [0.1, 0.15) is 19.3 Å². The standard InChI is InChI=1S/C7H12O2/c8-4-5-1-6-3-7(6,9)2-5/h5-6,8-9H,1-4H2/t5-,6-,7-/m0/s1. The molecule has 2 fully saturated rings. The average molecular weight is 128 g/mol. The van der Waals surface area contributed by atoms with Crippen LogP contribution >= 0.6 is 0 Å². The Balaban J connectivity index is 1.98. The predicted molar refractivity (Wildman–Crippen MR) is 32.9 cm³/mol. The van der Waals surface area contributed by atoms with Crippen LogP contribution in [0.3, 0.4) is 0 Å². The first-order valence-electron chi connectivity index (χ1n) is 3.58. The van der Waals surface area contributed by atoms with E-state index in [1.165, 1.54) is 0 Å². The lowest BCUT2D eigenvalue weighted by Crippen LogP contribution is -2.10. The molecule has 0 radical (unpaired) electrons.